The molecule has 0 radical (unpaired) electrons. The molecule has 0 aromatic heterocycles. The fraction of sp³-hybridized carbons (Fsp3) is 0.419. The maximum Gasteiger partial charge on any atom is 0.230 e. The van der Waals surface area contributed by atoms with Gasteiger partial charge in [0.05, 0.1) is 22.3 Å². The van der Waals surface area contributed by atoms with E-state index in [4.69, 9.17) is 37.9 Å². The summed E-state index contributed by atoms with van der Waals surface area (Å²) in [7, 11) is 0. The molecule has 0 fully saturated rings. The third kappa shape index (κ3) is 22.9. The van der Waals surface area contributed by atoms with Gasteiger partial charge in [-0.25, -0.2) is 0 Å². The lowest BCUT2D eigenvalue weighted by atomic mass is 9.73. The molecule has 1 aliphatic carbocycles. The molecule has 12 nitrogen and oxygen atoms in total. The average Bonchev–Trinajstić information content (AvgIpc) is 0.712. The van der Waals surface area contributed by atoms with Gasteiger partial charge in [-0.2, -0.15) is 0 Å². The first-order valence-electron chi connectivity index (χ1n) is 52.5. The van der Waals surface area contributed by atoms with E-state index in [-0.39, 0.29) is 73.8 Å². The van der Waals surface area contributed by atoms with Gasteiger partial charge in [0.15, 0.2) is 0 Å². The van der Waals surface area contributed by atoms with Gasteiger partial charge in [0.2, 0.25) is 27.2 Å². The second kappa shape index (κ2) is 47.8. The molecule has 0 unspecified atom stereocenters. The predicted molar refractivity (Wildman–Crippen MR) is 555 cm³/mol. The minimum Gasteiger partial charge on any atom is -0.508 e. The fourth-order valence-electron chi connectivity index (χ4n) is 22.2. The molecular weight excluding hydrogens is 1680 g/mol. The van der Waals surface area contributed by atoms with Crippen LogP contribution >= 0.6 is 0 Å². The number of phenolic OH excluding ortho intramolecular Hbond substituents is 4. The van der Waals surface area contributed by atoms with Crippen LogP contribution in [0, 0.1) is 0 Å². The molecule has 12 aromatic carbocycles. The Bertz CT molecular complexity index is 5000. The molecule has 0 saturated heterocycles. The molecule has 0 atom stereocenters. The minimum absolute atomic E-state index is 0.148. The first-order valence-corrected chi connectivity index (χ1v) is 52.5. The molecule has 4 heterocycles. The van der Waals surface area contributed by atoms with Crippen molar-refractivity contribution >= 4 is 0 Å². The van der Waals surface area contributed by atoms with Crippen molar-refractivity contribution in [2.45, 2.75) is 308 Å². The van der Waals surface area contributed by atoms with E-state index >= 15 is 0 Å². The van der Waals surface area contributed by atoms with E-state index in [2.05, 4.69) is 149 Å². The van der Waals surface area contributed by atoms with E-state index in [1.165, 1.54) is 154 Å². The smallest absolute Gasteiger partial charge is 0.230 e. The van der Waals surface area contributed by atoms with Crippen LogP contribution in [-0.2, 0) is 0 Å². The Balaban J connectivity index is 0.990. The molecule has 0 spiro atoms. The molecule has 136 heavy (non-hydrogen) atoms. The summed E-state index contributed by atoms with van der Waals surface area (Å²) in [5.41, 5.74) is 23.8. The zero-order chi connectivity index (χ0) is 93.3. The van der Waals surface area contributed by atoms with Gasteiger partial charge < -0.3 is 58.3 Å². The number of benzene rings is 12. The van der Waals surface area contributed by atoms with Crippen molar-refractivity contribution in [2.24, 2.45) is 0 Å². The van der Waals surface area contributed by atoms with Crippen molar-refractivity contribution in [3.05, 3.63) is 263 Å². The fourth-order valence-corrected chi connectivity index (χ4v) is 22.2. The summed E-state index contributed by atoms with van der Waals surface area (Å²) >= 11 is 0. The van der Waals surface area contributed by atoms with Gasteiger partial charge in [-0.3, -0.25) is 0 Å². The van der Waals surface area contributed by atoms with Crippen molar-refractivity contribution in [3.63, 3.8) is 0 Å². The van der Waals surface area contributed by atoms with E-state index in [0.29, 0.717) is 0 Å². The molecule has 4 aliphatic heterocycles. The van der Waals surface area contributed by atoms with Crippen LogP contribution in [0.3, 0.4) is 0 Å². The maximum atomic E-state index is 10.7. The standard InChI is InChI=1S/C124H144O12/c1-5-9-13-17-21-25-29-33-37-41-101-105-77-107-102(42-38-34-30-26-22-18-14-10-6-2)109-79-111-104(44-40-36-32-28-24-20-16-12-8-4)112-80-110-103(43-39-35-31-27-23-19-15-11-7-3)108-78-106(101)118-114(94-55-47-86(48-56-94)90-63-71-98(126)72-64-90)120(108)132-83-134-122(110)116(96-59-51-88(52-60-96)92-67-75-100(128)76-68-92)124(112)136-84-135-123(111)115(95-57-49-87(50-58-95)91-65-73-99(127)74-66-91)121(109)133-82-131-119(107)113(117(105)129-81-130-118)93-53-45-85(46-54-93)89-61-69-97(125)70-62-89/h45-80,101-104,125-128H,5-44,81-84H2,1-4H3. The van der Waals surface area contributed by atoms with Crippen molar-refractivity contribution < 1.29 is 58.3 Å². The van der Waals surface area contributed by atoms with Crippen LogP contribution in [0.4, 0.5) is 0 Å². The van der Waals surface area contributed by atoms with Gasteiger partial charge in [0.1, 0.15) is 69.0 Å². The first-order chi connectivity index (χ1) is 67.0. The highest BCUT2D eigenvalue weighted by Crippen LogP contribution is 2.63. The minimum atomic E-state index is -0.332. The number of hydrogen-bond donors (Lipinski definition) is 4. The van der Waals surface area contributed by atoms with Gasteiger partial charge in [-0.1, -0.05) is 404 Å². The third-order valence-electron chi connectivity index (χ3n) is 29.7. The van der Waals surface area contributed by atoms with Crippen LogP contribution in [0.2, 0.25) is 0 Å². The van der Waals surface area contributed by atoms with Gasteiger partial charge in [-0.15, -0.1) is 0 Å². The monoisotopic (exact) mass is 1830 g/mol. The summed E-state index contributed by atoms with van der Waals surface area (Å²) in [4.78, 5) is 0. The molecule has 8 bridgehead atoms. The Morgan fingerprint density at radius 3 is 0.441 bits per heavy atom. The van der Waals surface area contributed by atoms with Crippen LogP contribution in [0.5, 0.6) is 69.0 Å². The van der Waals surface area contributed by atoms with Crippen LogP contribution in [0.1, 0.15) is 353 Å². The number of hydrogen-bond acceptors (Lipinski definition) is 12. The molecule has 0 saturated carbocycles. The normalized spacial score (nSPS) is 15.4. The molecule has 4 N–H and O–H groups in total. The largest absolute Gasteiger partial charge is 0.508 e. The Labute approximate surface area is 809 Å². The number of aromatic hydroxyl groups is 4. The second-order valence-corrected chi connectivity index (χ2v) is 39.2. The average molecular weight is 1830 g/mol. The second-order valence-electron chi connectivity index (χ2n) is 39.2. The Kier molecular flexibility index (Phi) is 33.7. The zero-order valence-corrected chi connectivity index (χ0v) is 81.3. The highest BCUT2D eigenvalue weighted by atomic mass is 16.7. The van der Waals surface area contributed by atoms with Crippen LogP contribution in [0.25, 0.3) is 89.0 Å². The number of phenols is 4. The number of unbranched alkanes of at least 4 members (excludes halogenated alkanes) is 32. The molecule has 12 heteroatoms. The summed E-state index contributed by atoms with van der Waals surface area (Å²) in [6, 6.07) is 75.7. The van der Waals surface area contributed by atoms with Gasteiger partial charge in [-0.05, 0) is 165 Å². The lowest BCUT2D eigenvalue weighted by Crippen LogP contribution is -2.24. The van der Waals surface area contributed by atoms with E-state index in [9.17, 15) is 20.4 Å². The summed E-state index contributed by atoms with van der Waals surface area (Å²) in [6.07, 6.45) is 45.2. The first kappa shape index (κ1) is 95.9. The Hall–Kier alpha value is -11.8. The molecule has 17 rings (SSSR count). The Morgan fingerprint density at radius 1 is 0.169 bits per heavy atom. The van der Waals surface area contributed by atoms with Crippen LogP contribution in [-0.4, -0.2) is 47.6 Å². The Morgan fingerprint density at radius 2 is 0.294 bits per heavy atom. The summed E-state index contributed by atoms with van der Waals surface area (Å²) < 4.78 is 62.0. The van der Waals surface area contributed by atoms with E-state index < -0.39 is 0 Å². The van der Waals surface area contributed by atoms with Gasteiger partial charge in [0, 0.05) is 68.2 Å². The van der Waals surface area contributed by atoms with E-state index in [0.717, 1.165) is 282 Å². The molecule has 5 aliphatic rings. The summed E-state index contributed by atoms with van der Waals surface area (Å²) in [6.45, 7) is 8.62. The topological polar surface area (TPSA) is 155 Å². The summed E-state index contributed by atoms with van der Waals surface area (Å²) in [5, 5.41) is 42.7. The van der Waals surface area contributed by atoms with Crippen molar-refractivity contribution in [2.75, 3.05) is 27.2 Å². The molecule has 0 amide bonds. The lowest BCUT2D eigenvalue weighted by molar-refractivity contribution is 0.101. The lowest BCUT2D eigenvalue weighted by Gasteiger charge is -2.38. The van der Waals surface area contributed by atoms with E-state index in [1.54, 1.807) is 48.5 Å². The number of ether oxygens (including phenoxy) is 8. The van der Waals surface area contributed by atoms with Crippen LogP contribution < -0.4 is 37.9 Å². The summed E-state index contributed by atoms with van der Waals surface area (Å²) in [5.74, 6) is 5.31. The van der Waals surface area contributed by atoms with Crippen molar-refractivity contribution in [3.8, 4) is 158 Å². The van der Waals surface area contributed by atoms with Crippen molar-refractivity contribution in [1.29, 1.82) is 0 Å². The molecule has 12 aromatic rings. The van der Waals surface area contributed by atoms with Gasteiger partial charge in [0.25, 0.3) is 0 Å². The zero-order valence-electron chi connectivity index (χ0n) is 81.3. The quantitative estimate of drug-likeness (QED) is 0.0268. The maximum absolute atomic E-state index is 10.7. The highest BCUT2D eigenvalue weighted by Gasteiger charge is 2.43. The predicted octanol–water partition coefficient (Wildman–Crippen LogP) is 35.3. The third-order valence-corrected chi connectivity index (χ3v) is 29.7. The SMILES string of the molecule is CCCCCCCCCCCC1c2cc3c4c(-c5ccc(-c6ccc(O)cc6)cc5)c2OCOc2c1cc1c(c2-c2ccc(-c5ccc(O)cc5)cc2)OCOc2c(cc5c(c2-c2ccc(-c6ccc(O)cc6)cc2)OCOc2c(cc(c(c2-c2ccc(-c6ccc(O)cc6)cc2)OCO4)C3CCCCCCCCCCC)C5CCCCCCCCCCC)C1CCCCCCCCCCC. The molecular formula is C124H144O12. The van der Waals surface area contributed by atoms with Gasteiger partial charge >= 0.3 is 0 Å². The molecule has 712 valence electrons. The highest BCUT2D eigenvalue weighted by molar-refractivity contribution is 5.90. The number of rotatable bonds is 48. The van der Waals surface area contributed by atoms with E-state index in [1.807, 2.05) is 48.5 Å². The van der Waals surface area contributed by atoms with Crippen molar-refractivity contribution in [1.82, 2.24) is 0 Å². The van der Waals surface area contributed by atoms with Crippen LogP contribution in [0.15, 0.2) is 218 Å².